The van der Waals surface area contributed by atoms with Crippen LogP contribution in [0.1, 0.15) is 0 Å². The first kappa shape index (κ1) is 33.1. The lowest BCUT2D eigenvalue weighted by Gasteiger charge is -2.13. The van der Waals surface area contributed by atoms with Crippen molar-refractivity contribution in [3.63, 3.8) is 0 Å². The number of rotatable bonds is 7. The maximum atomic E-state index is 5.19. The SMILES string of the molecule is c1ccc(-c2cccc(-c3nc(-c4ccccc4)nc(-c4cc(-c5ccccc5)cc(-c5ccc6cc(-c7cccc8ccccc78)ccc6c5)c4)n3)c2)cc1. The summed E-state index contributed by atoms with van der Waals surface area (Å²) >= 11 is 0. The van der Waals surface area contributed by atoms with Crippen LogP contribution in [0, 0.1) is 0 Å². The molecule has 0 N–H and O–H groups in total. The number of nitrogens with zero attached hydrogens (tertiary/aromatic N) is 3. The van der Waals surface area contributed by atoms with E-state index >= 15 is 0 Å². The second-order valence-corrected chi connectivity index (χ2v) is 14.1. The van der Waals surface area contributed by atoms with Gasteiger partial charge in [-0.2, -0.15) is 0 Å². The molecule has 9 aromatic carbocycles. The van der Waals surface area contributed by atoms with Gasteiger partial charge in [0.2, 0.25) is 0 Å². The molecule has 0 aliphatic heterocycles. The van der Waals surface area contributed by atoms with Crippen molar-refractivity contribution in [3.05, 3.63) is 212 Å². The first-order chi connectivity index (χ1) is 27.7. The van der Waals surface area contributed by atoms with Crippen molar-refractivity contribution in [2.45, 2.75) is 0 Å². The first-order valence-electron chi connectivity index (χ1n) is 18.9. The third kappa shape index (κ3) is 6.52. The van der Waals surface area contributed by atoms with Crippen molar-refractivity contribution in [2.75, 3.05) is 0 Å². The van der Waals surface area contributed by atoms with E-state index in [1.54, 1.807) is 0 Å². The summed E-state index contributed by atoms with van der Waals surface area (Å²) in [5.74, 6) is 1.89. The topological polar surface area (TPSA) is 38.7 Å². The zero-order valence-corrected chi connectivity index (χ0v) is 30.5. The Morgan fingerprint density at radius 2 is 0.643 bits per heavy atom. The van der Waals surface area contributed by atoms with E-state index in [2.05, 4.69) is 188 Å². The zero-order chi connectivity index (χ0) is 37.3. The number of hydrogen-bond donors (Lipinski definition) is 0. The van der Waals surface area contributed by atoms with Gasteiger partial charge in [0.15, 0.2) is 17.5 Å². The summed E-state index contributed by atoms with van der Waals surface area (Å²) < 4.78 is 0. The monoisotopic (exact) mass is 713 g/mol. The van der Waals surface area contributed by atoms with E-state index in [4.69, 9.17) is 15.0 Å². The fourth-order valence-electron chi connectivity index (χ4n) is 7.61. The van der Waals surface area contributed by atoms with E-state index < -0.39 is 0 Å². The van der Waals surface area contributed by atoms with Crippen LogP contribution in [0.3, 0.4) is 0 Å². The van der Waals surface area contributed by atoms with Crippen LogP contribution in [-0.2, 0) is 0 Å². The number of benzene rings is 9. The van der Waals surface area contributed by atoms with Gasteiger partial charge in [0, 0.05) is 16.7 Å². The van der Waals surface area contributed by atoms with Crippen molar-refractivity contribution in [2.24, 2.45) is 0 Å². The summed E-state index contributed by atoms with van der Waals surface area (Å²) in [4.78, 5) is 15.4. The Morgan fingerprint density at radius 3 is 1.36 bits per heavy atom. The molecule has 0 atom stereocenters. The van der Waals surface area contributed by atoms with Crippen molar-refractivity contribution in [1.29, 1.82) is 0 Å². The number of aromatic nitrogens is 3. The van der Waals surface area contributed by atoms with E-state index in [9.17, 15) is 0 Å². The Hall–Kier alpha value is -7.49. The first-order valence-corrected chi connectivity index (χ1v) is 18.9. The zero-order valence-electron chi connectivity index (χ0n) is 30.5. The standard InChI is InChI=1S/C53H35N3/c1-4-14-36(15-5-1)40-22-12-23-45(32-40)52-54-51(39-19-8-3-9-20-39)55-53(56-52)48-34-46(37-16-6-2-7-17-37)33-47(35-48)43-27-26-42-31-44(29-28-41(42)30-43)50-25-13-21-38-18-10-11-24-49(38)50/h1-35H. The molecule has 0 unspecified atom stereocenters. The molecule has 0 amide bonds. The van der Waals surface area contributed by atoms with E-state index in [0.29, 0.717) is 17.5 Å². The van der Waals surface area contributed by atoms with Crippen LogP contribution in [0.5, 0.6) is 0 Å². The maximum absolute atomic E-state index is 5.19. The molecule has 1 heterocycles. The molecule has 3 heteroatoms. The van der Waals surface area contributed by atoms with Crippen LogP contribution in [0.2, 0.25) is 0 Å². The van der Waals surface area contributed by atoms with Crippen LogP contribution in [-0.4, -0.2) is 15.0 Å². The van der Waals surface area contributed by atoms with Gasteiger partial charge in [0.25, 0.3) is 0 Å². The van der Waals surface area contributed by atoms with Crippen LogP contribution < -0.4 is 0 Å². The summed E-state index contributed by atoms with van der Waals surface area (Å²) in [5.41, 5.74) is 12.0. The Kier molecular flexibility index (Phi) is 8.51. The molecule has 0 saturated heterocycles. The molecule has 1 aromatic heterocycles. The molecule has 0 spiro atoms. The Morgan fingerprint density at radius 1 is 0.214 bits per heavy atom. The van der Waals surface area contributed by atoms with Crippen LogP contribution in [0.25, 0.3) is 100 Å². The second-order valence-electron chi connectivity index (χ2n) is 14.1. The van der Waals surface area contributed by atoms with Crippen molar-refractivity contribution in [1.82, 2.24) is 15.0 Å². The molecule has 0 radical (unpaired) electrons. The molecule has 262 valence electrons. The van der Waals surface area contributed by atoms with Crippen molar-refractivity contribution >= 4 is 21.5 Å². The smallest absolute Gasteiger partial charge is 0.164 e. The highest BCUT2D eigenvalue weighted by molar-refractivity contribution is 5.99. The van der Waals surface area contributed by atoms with E-state index in [-0.39, 0.29) is 0 Å². The molecular weight excluding hydrogens is 679 g/mol. The molecule has 3 nitrogen and oxygen atoms in total. The van der Waals surface area contributed by atoms with Gasteiger partial charge in [0.1, 0.15) is 0 Å². The molecule has 56 heavy (non-hydrogen) atoms. The van der Waals surface area contributed by atoms with Crippen LogP contribution in [0.15, 0.2) is 212 Å². The lowest BCUT2D eigenvalue weighted by molar-refractivity contribution is 1.07. The minimum absolute atomic E-state index is 0.624. The summed E-state index contributed by atoms with van der Waals surface area (Å²) in [6, 6.07) is 74.9. The van der Waals surface area contributed by atoms with Crippen molar-refractivity contribution < 1.29 is 0 Å². The van der Waals surface area contributed by atoms with Gasteiger partial charge < -0.3 is 0 Å². The molecule has 0 fully saturated rings. The summed E-state index contributed by atoms with van der Waals surface area (Å²) in [5, 5.41) is 4.89. The molecule has 10 aromatic rings. The van der Waals surface area contributed by atoms with Gasteiger partial charge in [-0.1, -0.05) is 176 Å². The fourth-order valence-corrected chi connectivity index (χ4v) is 7.61. The average molecular weight is 714 g/mol. The van der Waals surface area contributed by atoms with Gasteiger partial charge in [-0.3, -0.25) is 0 Å². The van der Waals surface area contributed by atoms with Gasteiger partial charge in [-0.15, -0.1) is 0 Å². The van der Waals surface area contributed by atoms with E-state index in [0.717, 1.165) is 50.1 Å². The number of fused-ring (bicyclic) bond motifs is 2. The Balaban J connectivity index is 1.11. The maximum Gasteiger partial charge on any atom is 0.164 e. The highest BCUT2D eigenvalue weighted by Crippen LogP contribution is 2.36. The highest BCUT2D eigenvalue weighted by atomic mass is 15.0. The summed E-state index contributed by atoms with van der Waals surface area (Å²) in [7, 11) is 0. The minimum atomic E-state index is 0.624. The predicted molar refractivity (Wildman–Crippen MR) is 233 cm³/mol. The molecular formula is C53H35N3. The lowest BCUT2D eigenvalue weighted by Crippen LogP contribution is -2.00. The lowest BCUT2D eigenvalue weighted by atomic mass is 9.93. The van der Waals surface area contributed by atoms with E-state index in [1.807, 2.05) is 24.3 Å². The Bertz CT molecular complexity index is 3010. The van der Waals surface area contributed by atoms with E-state index in [1.165, 1.54) is 32.7 Å². The highest BCUT2D eigenvalue weighted by Gasteiger charge is 2.16. The van der Waals surface area contributed by atoms with Gasteiger partial charge in [-0.25, -0.2) is 15.0 Å². The second kappa shape index (κ2) is 14.4. The molecule has 0 bridgehead atoms. The predicted octanol–water partition coefficient (Wildman–Crippen LogP) is 13.8. The number of hydrogen-bond acceptors (Lipinski definition) is 3. The average Bonchev–Trinajstić information content (AvgIpc) is 3.29. The summed E-state index contributed by atoms with van der Waals surface area (Å²) in [6.45, 7) is 0. The van der Waals surface area contributed by atoms with Crippen LogP contribution >= 0.6 is 0 Å². The Labute approximate surface area is 326 Å². The molecule has 0 aliphatic carbocycles. The normalized spacial score (nSPS) is 11.2. The molecule has 0 saturated carbocycles. The van der Waals surface area contributed by atoms with Crippen LogP contribution in [0.4, 0.5) is 0 Å². The third-order valence-corrected chi connectivity index (χ3v) is 10.5. The fraction of sp³-hybridized carbons (Fsp3) is 0. The van der Waals surface area contributed by atoms with Crippen molar-refractivity contribution in [3.8, 4) is 78.7 Å². The van der Waals surface area contributed by atoms with Gasteiger partial charge >= 0.3 is 0 Å². The quantitative estimate of drug-likeness (QED) is 0.165. The minimum Gasteiger partial charge on any atom is -0.208 e. The molecule has 0 aliphatic rings. The van der Waals surface area contributed by atoms with Gasteiger partial charge in [-0.05, 0) is 102 Å². The molecule has 10 rings (SSSR count). The summed E-state index contributed by atoms with van der Waals surface area (Å²) in [6.07, 6.45) is 0. The third-order valence-electron chi connectivity index (χ3n) is 10.5. The largest absolute Gasteiger partial charge is 0.208 e. The van der Waals surface area contributed by atoms with Gasteiger partial charge in [0.05, 0.1) is 0 Å².